The number of rotatable bonds is 2. The van der Waals surface area contributed by atoms with Crippen LogP contribution in [0.5, 0.6) is 5.75 Å². The van der Waals surface area contributed by atoms with Crippen LogP contribution in [0.15, 0.2) is 24.3 Å². The summed E-state index contributed by atoms with van der Waals surface area (Å²) in [6.45, 7) is 0. The highest BCUT2D eigenvalue weighted by Gasteiger charge is 2.41. The molecule has 1 aromatic carbocycles. The van der Waals surface area contributed by atoms with Gasteiger partial charge in [0.05, 0.1) is 0 Å². The van der Waals surface area contributed by atoms with E-state index in [4.69, 9.17) is 5.11 Å². The predicted octanol–water partition coefficient (Wildman–Crippen LogP) is 2.64. The van der Waals surface area contributed by atoms with E-state index in [0.29, 0.717) is 0 Å². The highest BCUT2D eigenvalue weighted by atomic mass is 19.4. The highest BCUT2D eigenvalue weighted by molar-refractivity contribution is 5.29. The average Bonchev–Trinajstić information content (AvgIpc) is 2.02. The van der Waals surface area contributed by atoms with Crippen molar-refractivity contribution in [1.82, 2.24) is 0 Å². The lowest BCUT2D eigenvalue weighted by molar-refractivity contribution is -0.215. The number of ether oxygens (including phenoxy) is 1. The number of benzene rings is 1. The molecule has 0 unspecified atom stereocenters. The summed E-state index contributed by atoms with van der Waals surface area (Å²) >= 11 is 0. The Kier molecular flexibility index (Phi) is 3.00. The molecule has 0 bridgehead atoms. The van der Waals surface area contributed by atoms with Crippen molar-refractivity contribution in [3.63, 3.8) is 0 Å². The molecule has 0 aliphatic rings. The summed E-state index contributed by atoms with van der Waals surface area (Å²) in [7, 11) is 0.974. The van der Waals surface area contributed by atoms with E-state index in [1.807, 2.05) is 0 Å². The van der Waals surface area contributed by atoms with E-state index in [1.165, 1.54) is 18.2 Å². The second-order valence-corrected chi connectivity index (χ2v) is 2.75. The maximum absolute atomic E-state index is 12.3. The quantitative estimate of drug-likeness (QED) is 0.805. The number of halogens is 3. The Morgan fingerprint density at radius 2 is 2.00 bits per heavy atom. The zero-order valence-electron chi connectivity index (χ0n) is 7.38. The molecule has 14 heavy (non-hydrogen) atoms. The summed E-state index contributed by atoms with van der Waals surface area (Å²) < 4.78 is 41.3. The number of aromatic hydroxyl groups is 1. The molecule has 5 heteroatoms. The summed E-state index contributed by atoms with van der Waals surface area (Å²) in [4.78, 5) is 0. The Bertz CT molecular complexity index is 309. The summed E-state index contributed by atoms with van der Waals surface area (Å²) in [5, 5.41) is 9.00. The van der Waals surface area contributed by atoms with Gasteiger partial charge in [-0.15, -0.1) is 0 Å². The first-order valence-corrected chi connectivity index (χ1v) is 3.83. The molecule has 0 fully saturated rings. The van der Waals surface area contributed by atoms with Gasteiger partial charge in [0.15, 0.2) is 6.10 Å². The molecule has 0 aliphatic heterocycles. The van der Waals surface area contributed by atoms with Crippen LogP contribution in [-0.4, -0.2) is 18.4 Å². The first-order chi connectivity index (χ1) is 6.45. The SMILES string of the molecule is CO[C@H](c1cccc(O)c1)C(F)(F)F. The van der Waals surface area contributed by atoms with Gasteiger partial charge in [-0.3, -0.25) is 0 Å². The summed E-state index contributed by atoms with van der Waals surface area (Å²) in [6, 6.07) is 4.91. The molecule has 0 radical (unpaired) electrons. The van der Waals surface area contributed by atoms with Gasteiger partial charge in [0, 0.05) is 7.11 Å². The smallest absolute Gasteiger partial charge is 0.418 e. The van der Waals surface area contributed by atoms with Crippen molar-refractivity contribution in [1.29, 1.82) is 0 Å². The average molecular weight is 206 g/mol. The molecule has 0 spiro atoms. The fraction of sp³-hybridized carbons (Fsp3) is 0.333. The third kappa shape index (κ3) is 2.38. The first kappa shape index (κ1) is 10.8. The van der Waals surface area contributed by atoms with Crippen LogP contribution in [0.1, 0.15) is 11.7 Å². The monoisotopic (exact) mass is 206 g/mol. The standard InChI is InChI=1S/C9H9F3O2/c1-14-8(9(10,11)12)6-3-2-4-7(13)5-6/h2-5,8,13H,1H3/t8-/m1/s1. The number of hydrogen-bond donors (Lipinski definition) is 1. The molecule has 0 aliphatic carbocycles. The van der Waals surface area contributed by atoms with Crippen LogP contribution < -0.4 is 0 Å². The highest BCUT2D eigenvalue weighted by Crippen LogP contribution is 2.35. The van der Waals surface area contributed by atoms with Gasteiger partial charge >= 0.3 is 6.18 Å². The Morgan fingerprint density at radius 1 is 1.36 bits per heavy atom. The second kappa shape index (κ2) is 3.88. The number of methoxy groups -OCH3 is 1. The van der Waals surface area contributed by atoms with Crippen LogP contribution in [0.2, 0.25) is 0 Å². The third-order valence-corrected chi connectivity index (χ3v) is 1.71. The molecule has 1 aromatic rings. The molecule has 1 atom stereocenters. The van der Waals surface area contributed by atoms with Crippen molar-refractivity contribution in [2.75, 3.05) is 7.11 Å². The fourth-order valence-electron chi connectivity index (χ4n) is 1.15. The van der Waals surface area contributed by atoms with E-state index in [0.717, 1.165) is 13.2 Å². The van der Waals surface area contributed by atoms with Gasteiger partial charge in [0.1, 0.15) is 5.75 Å². The fourth-order valence-corrected chi connectivity index (χ4v) is 1.15. The van der Waals surface area contributed by atoms with Gasteiger partial charge in [0.25, 0.3) is 0 Å². The molecule has 0 saturated carbocycles. The van der Waals surface area contributed by atoms with Crippen molar-refractivity contribution in [2.24, 2.45) is 0 Å². The van der Waals surface area contributed by atoms with Gasteiger partial charge in [-0.1, -0.05) is 12.1 Å². The maximum Gasteiger partial charge on any atom is 0.418 e. The van der Waals surface area contributed by atoms with Crippen LogP contribution in [0, 0.1) is 0 Å². The topological polar surface area (TPSA) is 29.5 Å². The van der Waals surface area contributed by atoms with Crippen molar-refractivity contribution in [3.8, 4) is 5.75 Å². The molecule has 1 rings (SSSR count). The Labute approximate surface area is 78.9 Å². The number of phenolic OH excluding ortho intramolecular Hbond substituents is 1. The molecule has 0 heterocycles. The zero-order chi connectivity index (χ0) is 10.8. The predicted molar refractivity (Wildman–Crippen MR) is 43.9 cm³/mol. The third-order valence-electron chi connectivity index (χ3n) is 1.71. The zero-order valence-corrected chi connectivity index (χ0v) is 7.38. The van der Waals surface area contributed by atoms with E-state index < -0.39 is 12.3 Å². The van der Waals surface area contributed by atoms with Crippen LogP contribution >= 0.6 is 0 Å². The van der Waals surface area contributed by atoms with E-state index in [9.17, 15) is 13.2 Å². The van der Waals surface area contributed by atoms with Gasteiger partial charge < -0.3 is 9.84 Å². The largest absolute Gasteiger partial charge is 0.508 e. The van der Waals surface area contributed by atoms with E-state index in [1.54, 1.807) is 0 Å². The van der Waals surface area contributed by atoms with Crippen molar-refractivity contribution < 1.29 is 23.0 Å². The molecule has 2 nitrogen and oxygen atoms in total. The van der Waals surface area contributed by atoms with Crippen LogP contribution in [0.4, 0.5) is 13.2 Å². The summed E-state index contributed by atoms with van der Waals surface area (Å²) in [6.07, 6.45) is -6.46. The lowest BCUT2D eigenvalue weighted by atomic mass is 10.1. The normalized spacial score (nSPS) is 14.0. The molecule has 78 valence electrons. The number of alkyl halides is 3. The number of hydrogen-bond acceptors (Lipinski definition) is 2. The molecular weight excluding hydrogens is 197 g/mol. The number of phenols is 1. The van der Waals surface area contributed by atoms with E-state index >= 15 is 0 Å². The molecule has 0 saturated heterocycles. The van der Waals surface area contributed by atoms with E-state index in [-0.39, 0.29) is 11.3 Å². The van der Waals surface area contributed by atoms with Gasteiger partial charge in [-0.25, -0.2) is 0 Å². The van der Waals surface area contributed by atoms with Crippen molar-refractivity contribution >= 4 is 0 Å². The van der Waals surface area contributed by atoms with Gasteiger partial charge in [0.2, 0.25) is 0 Å². The lowest BCUT2D eigenvalue weighted by Crippen LogP contribution is -2.22. The van der Waals surface area contributed by atoms with Gasteiger partial charge in [-0.05, 0) is 17.7 Å². The van der Waals surface area contributed by atoms with Crippen LogP contribution in [-0.2, 0) is 4.74 Å². The van der Waals surface area contributed by atoms with E-state index in [2.05, 4.69) is 4.74 Å². The minimum absolute atomic E-state index is 0.111. The molecule has 0 amide bonds. The Balaban J connectivity index is 3.01. The van der Waals surface area contributed by atoms with Crippen LogP contribution in [0.25, 0.3) is 0 Å². The van der Waals surface area contributed by atoms with Crippen molar-refractivity contribution in [2.45, 2.75) is 12.3 Å². The second-order valence-electron chi connectivity index (χ2n) is 2.75. The summed E-state index contributed by atoms with van der Waals surface area (Å²) in [5.41, 5.74) is -0.111. The molecular formula is C9H9F3O2. The van der Waals surface area contributed by atoms with Crippen LogP contribution in [0.3, 0.4) is 0 Å². The maximum atomic E-state index is 12.3. The Morgan fingerprint density at radius 3 is 2.43 bits per heavy atom. The van der Waals surface area contributed by atoms with Crippen molar-refractivity contribution in [3.05, 3.63) is 29.8 Å². The first-order valence-electron chi connectivity index (χ1n) is 3.83. The summed E-state index contributed by atoms with van der Waals surface area (Å²) in [5.74, 6) is -0.214. The minimum Gasteiger partial charge on any atom is -0.508 e. The lowest BCUT2D eigenvalue weighted by Gasteiger charge is -2.18. The van der Waals surface area contributed by atoms with Gasteiger partial charge in [-0.2, -0.15) is 13.2 Å². The minimum atomic E-state index is -4.47. The Hall–Kier alpha value is -1.23. The molecule has 0 aromatic heterocycles. The molecule has 1 N–H and O–H groups in total.